The number of benzene rings is 9. The van der Waals surface area contributed by atoms with Crippen LogP contribution in [0.2, 0.25) is 0 Å². The first kappa shape index (κ1) is 36.7. The fourth-order valence-electron chi connectivity index (χ4n) is 11.2. The average molecular weight is 839 g/mol. The molecule has 12 aromatic rings. The number of hydrogen-bond donors (Lipinski definition) is 0. The van der Waals surface area contributed by atoms with E-state index in [2.05, 4.69) is 229 Å². The first-order chi connectivity index (χ1) is 32.7. The molecule has 4 heterocycles. The van der Waals surface area contributed by atoms with Gasteiger partial charge in [0.15, 0.2) is 0 Å². The van der Waals surface area contributed by atoms with Gasteiger partial charge in [-0.1, -0.05) is 182 Å². The molecule has 3 aromatic heterocycles. The largest absolute Gasteiger partial charge is 0.310 e. The van der Waals surface area contributed by atoms with E-state index in [9.17, 15) is 0 Å². The van der Waals surface area contributed by atoms with Gasteiger partial charge in [0, 0.05) is 49.3 Å². The van der Waals surface area contributed by atoms with E-state index in [-0.39, 0.29) is 0 Å². The predicted octanol–water partition coefficient (Wildman–Crippen LogP) is 15.6. The monoisotopic (exact) mass is 838 g/mol. The van der Waals surface area contributed by atoms with Gasteiger partial charge >= 0.3 is 0 Å². The normalized spacial score (nSPS) is 13.2. The van der Waals surface area contributed by atoms with Crippen molar-refractivity contribution >= 4 is 60.5 Å². The number of hydrogen-bond acceptors (Lipinski definition) is 4. The fraction of sp³-hybridized carbons (Fsp3) is 0.0161. The van der Waals surface area contributed by atoms with Crippen molar-refractivity contribution in [1.82, 2.24) is 15.0 Å². The molecule has 0 unspecified atom stereocenters. The van der Waals surface area contributed by atoms with Crippen LogP contribution in [-0.4, -0.2) is 15.0 Å². The Labute approximate surface area is 381 Å². The standard InChI is InChI=1S/C62H38N4/c1-4-16-39(17-5-1)52-35-30-41-28-29-42-31-36-53(64-61(42)60(41)63-52)43-32-37-54-47(38-43)57-46(59(65-54)40-18-6-2-7-19-40)33-34-51-58(57)45-22-10-11-23-48(45)62(51)49-24-12-14-26-55(49)66(44-20-8-3-9-21-44)56-27-15-13-25-50(56)62/h1-38H. The number of anilines is 3. The van der Waals surface area contributed by atoms with E-state index in [4.69, 9.17) is 15.0 Å². The number of pyridine rings is 3. The summed E-state index contributed by atoms with van der Waals surface area (Å²) in [6.45, 7) is 0. The summed E-state index contributed by atoms with van der Waals surface area (Å²) in [7, 11) is 0. The molecular formula is C62H38N4. The van der Waals surface area contributed by atoms with Gasteiger partial charge in [0.2, 0.25) is 0 Å². The van der Waals surface area contributed by atoms with E-state index >= 15 is 0 Å². The maximum atomic E-state index is 5.50. The number of fused-ring (bicyclic) bond motifs is 16. The van der Waals surface area contributed by atoms with E-state index in [1.165, 1.54) is 50.1 Å². The van der Waals surface area contributed by atoms with Crippen molar-refractivity contribution in [2.75, 3.05) is 4.90 Å². The maximum absolute atomic E-state index is 5.50. The van der Waals surface area contributed by atoms with Crippen molar-refractivity contribution in [1.29, 1.82) is 0 Å². The zero-order valence-corrected chi connectivity index (χ0v) is 35.7. The molecule has 9 aromatic carbocycles. The first-order valence-electron chi connectivity index (χ1n) is 22.6. The van der Waals surface area contributed by atoms with Gasteiger partial charge in [0.25, 0.3) is 0 Å². The second-order valence-corrected chi connectivity index (χ2v) is 17.4. The van der Waals surface area contributed by atoms with Gasteiger partial charge < -0.3 is 4.90 Å². The summed E-state index contributed by atoms with van der Waals surface area (Å²) in [6.07, 6.45) is 0. The third-order valence-electron chi connectivity index (χ3n) is 14.0. The molecule has 0 bridgehead atoms. The summed E-state index contributed by atoms with van der Waals surface area (Å²) in [6, 6.07) is 83.3. The molecule has 1 aliphatic carbocycles. The van der Waals surface area contributed by atoms with Gasteiger partial charge in [0.05, 0.1) is 50.4 Å². The van der Waals surface area contributed by atoms with E-state index in [0.717, 1.165) is 77.6 Å². The Morgan fingerprint density at radius 2 is 0.909 bits per heavy atom. The molecule has 0 atom stereocenters. The molecule has 0 fully saturated rings. The zero-order valence-electron chi connectivity index (χ0n) is 35.7. The highest BCUT2D eigenvalue weighted by molar-refractivity contribution is 6.20. The van der Waals surface area contributed by atoms with Gasteiger partial charge in [-0.2, -0.15) is 0 Å². The van der Waals surface area contributed by atoms with Gasteiger partial charge in [0.1, 0.15) is 0 Å². The number of para-hydroxylation sites is 3. The lowest BCUT2D eigenvalue weighted by molar-refractivity contribution is 0.753. The molecule has 0 amide bonds. The summed E-state index contributed by atoms with van der Waals surface area (Å²) < 4.78 is 0. The Kier molecular flexibility index (Phi) is 7.87. The van der Waals surface area contributed by atoms with E-state index in [1.54, 1.807) is 0 Å². The van der Waals surface area contributed by atoms with Crippen LogP contribution in [0.15, 0.2) is 231 Å². The minimum absolute atomic E-state index is 0.592. The van der Waals surface area contributed by atoms with Crippen LogP contribution in [0, 0.1) is 0 Å². The Morgan fingerprint density at radius 1 is 0.364 bits per heavy atom. The van der Waals surface area contributed by atoms with Crippen molar-refractivity contribution in [3.05, 3.63) is 253 Å². The highest BCUT2D eigenvalue weighted by atomic mass is 15.2. The van der Waals surface area contributed by atoms with Crippen LogP contribution in [0.3, 0.4) is 0 Å². The van der Waals surface area contributed by atoms with E-state index in [1.807, 2.05) is 6.07 Å². The second-order valence-electron chi connectivity index (χ2n) is 17.4. The third kappa shape index (κ3) is 5.18. The molecule has 14 rings (SSSR count). The van der Waals surface area contributed by atoms with Crippen LogP contribution in [0.4, 0.5) is 17.1 Å². The minimum Gasteiger partial charge on any atom is -0.310 e. The summed E-state index contributed by atoms with van der Waals surface area (Å²) in [5.74, 6) is 0. The Balaban J connectivity index is 1.06. The molecule has 2 aliphatic rings. The predicted molar refractivity (Wildman–Crippen MR) is 272 cm³/mol. The highest BCUT2D eigenvalue weighted by Gasteiger charge is 2.52. The molecular weight excluding hydrogens is 801 g/mol. The lowest BCUT2D eigenvalue weighted by Gasteiger charge is -2.45. The van der Waals surface area contributed by atoms with Gasteiger partial charge in [-0.15, -0.1) is 0 Å². The smallest absolute Gasteiger partial charge is 0.0972 e. The number of rotatable bonds is 4. The summed E-state index contributed by atoms with van der Waals surface area (Å²) in [5, 5.41) is 5.54. The summed E-state index contributed by atoms with van der Waals surface area (Å²) >= 11 is 0. The SMILES string of the molecule is c1ccc(-c2ccc3ccc4ccc(-c5ccc6nc(-c7ccccc7)c7ccc8c(c7c6c5)-c5ccccc5C85c6ccccc6N(c6ccccc6)c6ccccc65)nc4c3n2)cc1. The third-order valence-corrected chi connectivity index (χ3v) is 14.0. The molecule has 4 heteroatoms. The average Bonchev–Trinajstić information content (AvgIpc) is 3.69. The Morgan fingerprint density at radius 3 is 1.58 bits per heavy atom. The van der Waals surface area contributed by atoms with Gasteiger partial charge in [-0.05, 0) is 81.9 Å². The first-order valence-corrected chi connectivity index (χ1v) is 22.6. The van der Waals surface area contributed by atoms with Crippen LogP contribution in [0.1, 0.15) is 22.3 Å². The molecule has 306 valence electrons. The molecule has 66 heavy (non-hydrogen) atoms. The van der Waals surface area contributed by atoms with Crippen molar-refractivity contribution in [2.24, 2.45) is 0 Å². The maximum Gasteiger partial charge on any atom is 0.0972 e. The molecule has 1 spiro atoms. The van der Waals surface area contributed by atoms with Crippen LogP contribution in [0.25, 0.3) is 88.4 Å². The minimum atomic E-state index is -0.592. The van der Waals surface area contributed by atoms with Crippen LogP contribution >= 0.6 is 0 Å². The Hall–Kier alpha value is -8.73. The van der Waals surface area contributed by atoms with Gasteiger partial charge in [-0.3, -0.25) is 0 Å². The van der Waals surface area contributed by atoms with Crippen LogP contribution < -0.4 is 4.90 Å². The quantitative estimate of drug-likeness (QED) is 0.166. The zero-order chi connectivity index (χ0) is 43.3. The topological polar surface area (TPSA) is 41.9 Å². The Bertz CT molecular complexity index is 3890. The van der Waals surface area contributed by atoms with Crippen molar-refractivity contribution in [2.45, 2.75) is 5.41 Å². The van der Waals surface area contributed by atoms with Crippen molar-refractivity contribution in [3.63, 3.8) is 0 Å². The second kappa shape index (κ2) is 14.1. The molecule has 0 saturated carbocycles. The number of aromatic nitrogens is 3. The molecule has 0 radical (unpaired) electrons. The number of nitrogens with zero attached hydrogens (tertiary/aromatic N) is 4. The summed E-state index contributed by atoms with van der Waals surface area (Å²) in [5.41, 5.74) is 19.2. The van der Waals surface area contributed by atoms with Crippen LogP contribution in [0.5, 0.6) is 0 Å². The van der Waals surface area contributed by atoms with Crippen molar-refractivity contribution in [3.8, 4) is 44.9 Å². The lowest BCUT2D eigenvalue weighted by Crippen LogP contribution is -2.36. The molecule has 0 saturated heterocycles. The van der Waals surface area contributed by atoms with E-state index < -0.39 is 5.41 Å². The summed E-state index contributed by atoms with van der Waals surface area (Å²) in [4.78, 5) is 18.6. The van der Waals surface area contributed by atoms with E-state index in [0.29, 0.717) is 0 Å². The fourth-order valence-corrected chi connectivity index (χ4v) is 11.2. The lowest BCUT2D eigenvalue weighted by atomic mass is 9.64. The van der Waals surface area contributed by atoms with Crippen molar-refractivity contribution < 1.29 is 0 Å². The molecule has 4 nitrogen and oxygen atoms in total. The molecule has 1 aliphatic heterocycles. The highest BCUT2D eigenvalue weighted by Crippen LogP contribution is 2.64. The molecule has 0 N–H and O–H groups in total. The van der Waals surface area contributed by atoms with Gasteiger partial charge in [-0.25, -0.2) is 15.0 Å². The van der Waals surface area contributed by atoms with Crippen LogP contribution in [-0.2, 0) is 5.41 Å².